The molecule has 180 valence electrons. The third-order valence-corrected chi connectivity index (χ3v) is 6.75. The van der Waals surface area contributed by atoms with Gasteiger partial charge < -0.3 is 10.1 Å². The van der Waals surface area contributed by atoms with E-state index in [0.717, 1.165) is 44.2 Å². The van der Waals surface area contributed by atoms with Crippen LogP contribution in [0.25, 0.3) is 10.9 Å². The number of hydrogen-bond donors (Lipinski definition) is 1. The molecule has 0 saturated heterocycles. The Bertz CT molecular complexity index is 1140. The Labute approximate surface area is 201 Å². The number of fused-ring (bicyclic) bond motifs is 1. The van der Waals surface area contributed by atoms with Crippen molar-refractivity contribution in [2.24, 2.45) is 11.8 Å². The lowest BCUT2D eigenvalue weighted by molar-refractivity contribution is -0.137. The molecule has 1 unspecified atom stereocenters. The highest BCUT2D eigenvalue weighted by Gasteiger charge is 2.33. The van der Waals surface area contributed by atoms with Crippen LogP contribution in [0.1, 0.15) is 44.6 Å². The Balaban J connectivity index is 1.40. The number of aromatic nitrogens is 1. The van der Waals surface area contributed by atoms with Gasteiger partial charge in [-0.25, -0.2) is 0 Å². The maximum atomic E-state index is 13.2. The van der Waals surface area contributed by atoms with Crippen molar-refractivity contribution in [3.05, 3.63) is 65.3 Å². The fourth-order valence-electron chi connectivity index (χ4n) is 4.69. The smallest absolute Gasteiger partial charge is 0.416 e. The quantitative estimate of drug-likeness (QED) is 0.389. The summed E-state index contributed by atoms with van der Waals surface area (Å²) < 4.78 is 45.7. The number of anilines is 1. The Morgan fingerprint density at radius 2 is 1.82 bits per heavy atom. The molecule has 4 nitrogen and oxygen atoms in total. The van der Waals surface area contributed by atoms with Crippen molar-refractivity contribution in [1.82, 2.24) is 4.98 Å². The fourth-order valence-corrected chi connectivity index (χ4v) is 4.82. The van der Waals surface area contributed by atoms with E-state index in [9.17, 15) is 18.0 Å². The van der Waals surface area contributed by atoms with Crippen molar-refractivity contribution < 1.29 is 22.7 Å². The second-order valence-electron chi connectivity index (χ2n) is 8.70. The first kappa shape index (κ1) is 24.3. The van der Waals surface area contributed by atoms with Crippen molar-refractivity contribution in [2.45, 2.75) is 51.3 Å². The van der Waals surface area contributed by atoms with E-state index in [4.69, 9.17) is 16.3 Å². The number of amides is 1. The zero-order valence-corrected chi connectivity index (χ0v) is 19.5. The summed E-state index contributed by atoms with van der Waals surface area (Å²) in [4.78, 5) is 17.0. The topological polar surface area (TPSA) is 51.2 Å². The average molecular weight is 491 g/mol. The van der Waals surface area contributed by atoms with E-state index in [1.54, 1.807) is 36.5 Å². The lowest BCUT2D eigenvalue weighted by atomic mass is 9.77. The van der Waals surface area contributed by atoms with Gasteiger partial charge in [-0.15, -0.1) is 0 Å². The number of hydrogen-bond acceptors (Lipinski definition) is 3. The molecule has 1 saturated carbocycles. The summed E-state index contributed by atoms with van der Waals surface area (Å²) in [5, 5.41) is 3.94. The number of carbonyl (C=O) groups excluding carboxylic acids is 1. The highest BCUT2D eigenvalue weighted by atomic mass is 35.5. The van der Waals surface area contributed by atoms with Crippen LogP contribution in [0, 0.1) is 11.8 Å². The third kappa shape index (κ3) is 5.63. The van der Waals surface area contributed by atoms with Crippen molar-refractivity contribution in [1.29, 1.82) is 0 Å². The number of rotatable bonds is 6. The minimum absolute atomic E-state index is 0.00556. The largest absolute Gasteiger partial charge is 0.490 e. The van der Waals surface area contributed by atoms with Gasteiger partial charge in [-0.3, -0.25) is 9.78 Å². The molecule has 2 aromatic carbocycles. The first-order valence-electron chi connectivity index (χ1n) is 11.4. The minimum atomic E-state index is -4.43. The van der Waals surface area contributed by atoms with Crippen LogP contribution in [0.2, 0.25) is 5.02 Å². The number of carbonyl (C=O) groups is 1. The van der Waals surface area contributed by atoms with Gasteiger partial charge in [0.25, 0.3) is 0 Å². The molecule has 1 aromatic heterocycles. The summed E-state index contributed by atoms with van der Waals surface area (Å²) in [6.45, 7) is 2.01. The van der Waals surface area contributed by atoms with Gasteiger partial charge in [0.2, 0.25) is 5.91 Å². The van der Waals surface area contributed by atoms with Gasteiger partial charge in [-0.05, 0) is 86.6 Å². The van der Waals surface area contributed by atoms with Crippen LogP contribution in [-0.2, 0) is 11.0 Å². The summed E-state index contributed by atoms with van der Waals surface area (Å²) in [5.41, 5.74) is 0.454. The van der Waals surface area contributed by atoms with Crippen LogP contribution in [0.4, 0.5) is 18.9 Å². The average Bonchev–Trinajstić information content (AvgIpc) is 2.81. The highest BCUT2D eigenvalue weighted by molar-refractivity contribution is 6.30. The zero-order chi connectivity index (χ0) is 24.3. The lowest BCUT2D eigenvalue weighted by Crippen LogP contribution is -2.34. The number of halogens is 4. The summed E-state index contributed by atoms with van der Waals surface area (Å²) >= 11 is 5.91. The number of pyridine rings is 1. The molecule has 34 heavy (non-hydrogen) atoms. The minimum Gasteiger partial charge on any atom is -0.490 e. The van der Waals surface area contributed by atoms with E-state index < -0.39 is 11.7 Å². The highest BCUT2D eigenvalue weighted by Crippen LogP contribution is 2.37. The predicted octanol–water partition coefficient (Wildman–Crippen LogP) is 7.51. The van der Waals surface area contributed by atoms with Crippen LogP contribution in [0.3, 0.4) is 0 Å². The van der Waals surface area contributed by atoms with E-state index in [-0.39, 0.29) is 23.8 Å². The fraction of sp³-hybridized carbons (Fsp3) is 0.385. The summed E-state index contributed by atoms with van der Waals surface area (Å²) in [6.07, 6.45) is 0.822. The van der Waals surface area contributed by atoms with E-state index in [1.807, 2.05) is 6.92 Å². The Hall–Kier alpha value is -2.80. The van der Waals surface area contributed by atoms with Crippen LogP contribution >= 0.6 is 11.6 Å². The molecule has 1 heterocycles. The van der Waals surface area contributed by atoms with E-state index >= 15 is 0 Å². The number of alkyl halides is 3. The standard InChI is InChI=1S/C26H26ClF3N2O2/c1-2-21(25(33)32-19-8-6-18(27)7-9-19)16-3-10-20(11-4-16)34-24-13-14-31-23-12-5-17(15-22(23)24)26(28,29)30/h5-9,12-16,20-21H,2-4,10-11H2,1H3,(H,32,33)/t16-,20+,21?. The van der Waals surface area contributed by atoms with Crippen molar-refractivity contribution in [2.75, 3.05) is 5.32 Å². The lowest BCUT2D eigenvalue weighted by Gasteiger charge is -2.33. The molecule has 1 N–H and O–H groups in total. The molecular formula is C26H26ClF3N2O2. The molecule has 1 aliphatic carbocycles. The molecule has 0 aliphatic heterocycles. The normalized spacial score (nSPS) is 19.6. The van der Waals surface area contributed by atoms with Crippen molar-refractivity contribution in [3.8, 4) is 5.75 Å². The van der Waals surface area contributed by atoms with Crippen LogP contribution in [0.5, 0.6) is 5.75 Å². The zero-order valence-electron chi connectivity index (χ0n) is 18.7. The van der Waals surface area contributed by atoms with Gasteiger partial charge in [-0.2, -0.15) is 13.2 Å². The monoisotopic (exact) mass is 490 g/mol. The number of ether oxygens (including phenoxy) is 1. The Morgan fingerprint density at radius 1 is 1.12 bits per heavy atom. The summed E-state index contributed by atoms with van der Waals surface area (Å²) in [7, 11) is 0. The van der Waals surface area contributed by atoms with Gasteiger partial charge in [0.05, 0.1) is 17.2 Å². The first-order chi connectivity index (χ1) is 16.2. The molecule has 8 heteroatoms. The molecule has 3 aromatic rings. The maximum absolute atomic E-state index is 13.2. The second kappa shape index (κ2) is 10.2. The van der Waals surface area contributed by atoms with E-state index in [2.05, 4.69) is 10.3 Å². The molecule has 0 radical (unpaired) electrons. The van der Waals surface area contributed by atoms with Crippen molar-refractivity contribution >= 4 is 34.1 Å². The van der Waals surface area contributed by atoms with Gasteiger partial charge in [0.15, 0.2) is 0 Å². The molecule has 0 spiro atoms. The van der Waals surface area contributed by atoms with E-state index in [0.29, 0.717) is 27.4 Å². The number of nitrogens with one attached hydrogen (secondary N) is 1. The number of nitrogens with zero attached hydrogens (tertiary/aromatic N) is 1. The van der Waals surface area contributed by atoms with Crippen molar-refractivity contribution in [3.63, 3.8) is 0 Å². The molecular weight excluding hydrogens is 465 g/mol. The Morgan fingerprint density at radius 3 is 2.47 bits per heavy atom. The van der Waals surface area contributed by atoms with Crippen LogP contribution in [0.15, 0.2) is 54.7 Å². The predicted molar refractivity (Wildman–Crippen MR) is 127 cm³/mol. The SMILES string of the molecule is CCC(C(=O)Nc1ccc(Cl)cc1)[C@H]1CC[C@@H](Oc2ccnc3ccc(C(F)(F)F)cc23)CC1. The number of benzene rings is 2. The molecule has 4 rings (SSSR count). The maximum Gasteiger partial charge on any atom is 0.416 e. The molecule has 0 bridgehead atoms. The van der Waals surface area contributed by atoms with E-state index in [1.165, 1.54) is 6.07 Å². The van der Waals surface area contributed by atoms with Gasteiger partial charge >= 0.3 is 6.18 Å². The first-order valence-corrected chi connectivity index (χ1v) is 11.8. The molecule has 1 amide bonds. The third-order valence-electron chi connectivity index (χ3n) is 6.50. The second-order valence-corrected chi connectivity index (χ2v) is 9.14. The van der Waals surface area contributed by atoms with Gasteiger partial charge in [0.1, 0.15) is 5.75 Å². The van der Waals surface area contributed by atoms with Crippen LogP contribution < -0.4 is 10.1 Å². The van der Waals surface area contributed by atoms with Gasteiger partial charge in [-0.1, -0.05) is 18.5 Å². The van der Waals surface area contributed by atoms with Crippen LogP contribution in [-0.4, -0.2) is 17.0 Å². The molecule has 1 fully saturated rings. The summed E-state index contributed by atoms with van der Waals surface area (Å²) in [6, 6.07) is 12.1. The molecule has 1 atom stereocenters. The Kier molecular flexibility index (Phi) is 7.31. The van der Waals surface area contributed by atoms with Gasteiger partial charge in [0, 0.05) is 28.2 Å². The summed E-state index contributed by atoms with van der Waals surface area (Å²) in [5.74, 6) is 0.511. The molecule has 1 aliphatic rings.